The Morgan fingerprint density at radius 3 is 2.32 bits per heavy atom. The number of benzene rings is 2. The number of hydrogen-bond donors (Lipinski definition) is 0. The average molecular weight is 694 g/mol. The molecule has 0 aromatic heterocycles. The lowest BCUT2D eigenvalue weighted by atomic mass is 9.99. The molecule has 0 spiro atoms. The number of ether oxygens (including phenoxy) is 4. The molecule has 11 heteroatoms. The van der Waals surface area contributed by atoms with E-state index in [9.17, 15) is 14.4 Å². The molecule has 2 aromatic carbocycles. The summed E-state index contributed by atoms with van der Waals surface area (Å²) in [5.41, 5.74) is 1.10. The monoisotopic (exact) mass is 692 g/mol. The molecule has 1 aliphatic rings. The molecule has 3 rings (SSSR count). The second-order valence-electron chi connectivity index (χ2n) is 12.6. The first kappa shape index (κ1) is 35.2. The van der Waals surface area contributed by atoms with Crippen LogP contribution in [0.2, 0.25) is 5.02 Å². The van der Waals surface area contributed by atoms with Crippen molar-refractivity contribution in [3.8, 4) is 5.75 Å². The zero-order chi connectivity index (χ0) is 32.7. The third-order valence-electron chi connectivity index (χ3n) is 6.21. The van der Waals surface area contributed by atoms with Crippen molar-refractivity contribution in [2.75, 3.05) is 26.2 Å². The molecule has 0 bridgehead atoms. The Balaban J connectivity index is 1.83. The van der Waals surface area contributed by atoms with E-state index in [1.54, 1.807) is 34.9 Å². The Kier molecular flexibility index (Phi) is 12.1. The van der Waals surface area contributed by atoms with Gasteiger partial charge in [-0.1, -0.05) is 33.6 Å². The van der Waals surface area contributed by atoms with Gasteiger partial charge in [-0.15, -0.1) is 0 Å². The van der Waals surface area contributed by atoms with Gasteiger partial charge in [0.2, 0.25) is 0 Å². The van der Waals surface area contributed by atoms with Crippen molar-refractivity contribution in [3.63, 3.8) is 0 Å². The molecule has 2 amide bonds. The largest absolute Gasteiger partial charge is 0.489 e. The van der Waals surface area contributed by atoms with Crippen molar-refractivity contribution < 1.29 is 33.3 Å². The highest BCUT2D eigenvalue weighted by atomic mass is 79.9. The number of hydrogen-bond acceptors (Lipinski definition) is 7. The second-order valence-corrected chi connectivity index (χ2v) is 13.9. The molecule has 1 heterocycles. The van der Waals surface area contributed by atoms with Crippen LogP contribution in [0.1, 0.15) is 65.2 Å². The maximum atomic E-state index is 13.4. The molecule has 9 nitrogen and oxygen atoms in total. The minimum atomic E-state index is -0.693. The van der Waals surface area contributed by atoms with Gasteiger partial charge in [-0.05, 0) is 96.0 Å². The summed E-state index contributed by atoms with van der Waals surface area (Å²) in [6.07, 6.45) is 2.17. The van der Waals surface area contributed by atoms with Gasteiger partial charge in [0, 0.05) is 53.2 Å². The molecule has 0 saturated carbocycles. The van der Waals surface area contributed by atoms with Gasteiger partial charge < -0.3 is 28.7 Å². The summed E-state index contributed by atoms with van der Waals surface area (Å²) in [6, 6.07) is 11.0. The van der Waals surface area contributed by atoms with Crippen LogP contribution in [0.4, 0.5) is 9.59 Å². The number of likely N-dealkylation sites (tertiary alicyclic amines) is 1. The van der Waals surface area contributed by atoms with Crippen LogP contribution in [0.5, 0.6) is 5.75 Å². The van der Waals surface area contributed by atoms with E-state index in [0.717, 1.165) is 15.6 Å². The number of carbonyl (C=O) groups is 3. The third-order valence-corrected chi connectivity index (χ3v) is 7.18. The number of carbonyl (C=O) groups excluding carboxylic acids is 3. The summed E-state index contributed by atoms with van der Waals surface area (Å²) in [7, 11) is 0. The SMILES string of the molecule is CCOC(=O)/C=C/c1cc(CN(CC2CN(C(=O)OC(C)(C)C)C2)C(=O)OC(C)(C)C)cc(OCc2ccc(Cl)cc2Br)c1. The van der Waals surface area contributed by atoms with Gasteiger partial charge >= 0.3 is 18.2 Å². The zero-order valence-corrected chi connectivity index (χ0v) is 28.8. The summed E-state index contributed by atoms with van der Waals surface area (Å²) in [4.78, 5) is 41.1. The Labute approximate surface area is 273 Å². The van der Waals surface area contributed by atoms with Gasteiger partial charge in [0.1, 0.15) is 23.6 Å². The van der Waals surface area contributed by atoms with Crippen molar-refractivity contribution in [1.29, 1.82) is 0 Å². The van der Waals surface area contributed by atoms with E-state index in [4.69, 9.17) is 30.5 Å². The van der Waals surface area contributed by atoms with Crippen LogP contribution in [0.15, 0.2) is 46.9 Å². The molecule has 44 heavy (non-hydrogen) atoms. The van der Waals surface area contributed by atoms with Crippen molar-refractivity contribution in [3.05, 3.63) is 68.7 Å². The maximum absolute atomic E-state index is 13.4. The lowest BCUT2D eigenvalue weighted by Crippen LogP contribution is -2.55. The maximum Gasteiger partial charge on any atom is 0.410 e. The van der Waals surface area contributed by atoms with E-state index in [1.165, 1.54) is 6.08 Å². The molecule has 0 N–H and O–H groups in total. The predicted molar refractivity (Wildman–Crippen MR) is 174 cm³/mol. The quantitative estimate of drug-likeness (QED) is 0.142. The molecule has 2 aromatic rings. The number of esters is 1. The zero-order valence-electron chi connectivity index (χ0n) is 26.4. The normalized spacial score (nSPS) is 13.8. The Hall–Kier alpha value is -3.24. The van der Waals surface area contributed by atoms with E-state index in [1.807, 2.05) is 65.8 Å². The molecular weight excluding hydrogens is 652 g/mol. The summed E-state index contributed by atoms with van der Waals surface area (Å²) in [6.45, 7) is 14.8. The van der Waals surface area contributed by atoms with E-state index in [2.05, 4.69) is 15.9 Å². The number of halogens is 2. The molecule has 0 radical (unpaired) electrons. The summed E-state index contributed by atoms with van der Waals surface area (Å²) in [5.74, 6) is 0.150. The predicted octanol–water partition coefficient (Wildman–Crippen LogP) is 7.86. The first-order chi connectivity index (χ1) is 20.5. The smallest absolute Gasteiger partial charge is 0.410 e. The van der Waals surface area contributed by atoms with Gasteiger partial charge in [0.05, 0.1) is 6.61 Å². The third kappa shape index (κ3) is 11.7. The lowest BCUT2D eigenvalue weighted by Gasteiger charge is -2.42. The van der Waals surface area contributed by atoms with Gasteiger partial charge in [0.25, 0.3) is 0 Å². The summed E-state index contributed by atoms with van der Waals surface area (Å²) >= 11 is 9.61. The van der Waals surface area contributed by atoms with Crippen LogP contribution < -0.4 is 4.74 Å². The highest BCUT2D eigenvalue weighted by molar-refractivity contribution is 9.10. The van der Waals surface area contributed by atoms with Crippen LogP contribution in [0.25, 0.3) is 6.08 Å². The van der Waals surface area contributed by atoms with Gasteiger partial charge in [-0.25, -0.2) is 14.4 Å². The van der Waals surface area contributed by atoms with Crippen LogP contribution in [0, 0.1) is 5.92 Å². The van der Waals surface area contributed by atoms with E-state index in [-0.39, 0.29) is 31.8 Å². The fourth-order valence-corrected chi connectivity index (χ4v) is 5.13. The molecule has 1 saturated heterocycles. The fraction of sp³-hybridized carbons (Fsp3) is 0.485. The van der Waals surface area contributed by atoms with Crippen LogP contribution in [-0.2, 0) is 32.2 Å². The van der Waals surface area contributed by atoms with Crippen LogP contribution in [-0.4, -0.2) is 65.4 Å². The number of nitrogens with zero attached hydrogens (tertiary/aromatic N) is 2. The van der Waals surface area contributed by atoms with Crippen molar-refractivity contribution >= 4 is 51.8 Å². The van der Waals surface area contributed by atoms with Crippen molar-refractivity contribution in [1.82, 2.24) is 9.80 Å². The first-order valence-corrected chi connectivity index (χ1v) is 15.7. The molecule has 1 fully saturated rings. The standard InChI is InChI=1S/C33H42BrClN2O7/c1-8-41-29(38)12-9-22-13-23(15-27(14-22)42-21-25-10-11-26(35)16-28(25)34)17-36(30(39)43-32(2,3)4)18-24-19-37(20-24)31(40)44-33(5,6)7/h9-16,24H,8,17-21H2,1-7H3/b12-9+. The lowest BCUT2D eigenvalue weighted by molar-refractivity contribution is -0.137. The topological polar surface area (TPSA) is 94.6 Å². The van der Waals surface area contributed by atoms with Crippen LogP contribution >= 0.6 is 27.5 Å². The van der Waals surface area contributed by atoms with Gasteiger partial charge in [-0.3, -0.25) is 0 Å². The first-order valence-electron chi connectivity index (χ1n) is 14.5. The minimum Gasteiger partial charge on any atom is -0.489 e. The molecule has 240 valence electrons. The molecule has 1 aliphatic heterocycles. The van der Waals surface area contributed by atoms with Crippen molar-refractivity contribution in [2.45, 2.75) is 72.8 Å². The molecule has 0 unspecified atom stereocenters. The van der Waals surface area contributed by atoms with Gasteiger partial charge in [0.15, 0.2) is 0 Å². The average Bonchev–Trinajstić information content (AvgIpc) is 2.86. The Bertz CT molecular complexity index is 1360. The Morgan fingerprint density at radius 2 is 1.70 bits per heavy atom. The second kappa shape index (κ2) is 15.2. The Morgan fingerprint density at radius 1 is 1.02 bits per heavy atom. The highest BCUT2D eigenvalue weighted by Gasteiger charge is 2.36. The number of rotatable bonds is 10. The molecular formula is C33H42BrClN2O7. The molecule has 0 aliphatic carbocycles. The van der Waals surface area contributed by atoms with E-state index < -0.39 is 23.3 Å². The van der Waals surface area contributed by atoms with Crippen LogP contribution in [0.3, 0.4) is 0 Å². The summed E-state index contributed by atoms with van der Waals surface area (Å²) < 4.78 is 23.2. The highest BCUT2D eigenvalue weighted by Crippen LogP contribution is 2.27. The number of amides is 2. The van der Waals surface area contributed by atoms with Gasteiger partial charge in [-0.2, -0.15) is 0 Å². The fourth-order valence-electron chi connectivity index (χ4n) is 4.33. The van der Waals surface area contributed by atoms with E-state index >= 15 is 0 Å². The molecule has 0 atom stereocenters. The van der Waals surface area contributed by atoms with E-state index in [0.29, 0.717) is 36.0 Å². The van der Waals surface area contributed by atoms with Crippen molar-refractivity contribution in [2.24, 2.45) is 5.92 Å². The minimum absolute atomic E-state index is 0.0555. The summed E-state index contributed by atoms with van der Waals surface area (Å²) in [5, 5.41) is 0.608.